The lowest BCUT2D eigenvalue weighted by Crippen LogP contribution is -2.48. The third kappa shape index (κ3) is 8.17. The Morgan fingerprint density at radius 1 is 0.649 bits per heavy atom. The lowest BCUT2D eigenvalue weighted by Gasteiger charge is -2.36. The average Bonchev–Trinajstić information content (AvgIpc) is 3.75. The smallest absolute Gasteiger partial charge is 0.329 e. The van der Waals surface area contributed by atoms with Crippen molar-refractivity contribution in [3.8, 4) is 22.5 Å². The van der Waals surface area contributed by atoms with Gasteiger partial charge in [0.15, 0.2) is 5.82 Å². The summed E-state index contributed by atoms with van der Waals surface area (Å²) in [6.45, 7) is 6.31. The molecule has 0 aliphatic heterocycles. The van der Waals surface area contributed by atoms with E-state index in [2.05, 4.69) is 65.9 Å². The van der Waals surface area contributed by atoms with Crippen LogP contribution in [0.2, 0.25) is 0 Å². The molecule has 6 aromatic carbocycles. The number of carbonyl (C=O) groups is 2. The van der Waals surface area contributed by atoms with Crippen LogP contribution < -0.4 is 0 Å². The lowest BCUT2D eigenvalue weighted by molar-refractivity contribution is -0.159. The van der Waals surface area contributed by atoms with Crippen molar-refractivity contribution in [2.45, 2.75) is 58.3 Å². The van der Waals surface area contributed by atoms with Gasteiger partial charge in [-0.3, -0.25) is 4.79 Å². The molecule has 0 unspecified atom stereocenters. The van der Waals surface area contributed by atoms with Gasteiger partial charge in [-0.05, 0) is 61.7 Å². The van der Waals surface area contributed by atoms with Gasteiger partial charge in [-0.15, -0.1) is 5.10 Å². The number of rotatable bonds is 15. The number of aromatic nitrogens is 4. The molecule has 286 valence electrons. The van der Waals surface area contributed by atoms with Gasteiger partial charge in [-0.25, -0.2) is 9.48 Å². The maximum Gasteiger partial charge on any atom is 0.329 e. The van der Waals surface area contributed by atoms with Crippen molar-refractivity contribution in [2.24, 2.45) is 5.92 Å². The first-order valence-electron chi connectivity index (χ1n) is 19.6. The molecule has 0 aliphatic rings. The predicted octanol–water partition coefficient (Wildman–Crippen LogP) is 9.74. The van der Waals surface area contributed by atoms with E-state index in [4.69, 9.17) is 15.0 Å². The summed E-state index contributed by atoms with van der Waals surface area (Å²) in [7, 11) is 0. The van der Waals surface area contributed by atoms with Crippen LogP contribution in [0.1, 0.15) is 61.4 Å². The fourth-order valence-electron chi connectivity index (χ4n) is 7.67. The van der Waals surface area contributed by atoms with E-state index in [1.54, 1.807) is 4.90 Å². The summed E-state index contributed by atoms with van der Waals surface area (Å²) in [4.78, 5) is 29.0. The lowest BCUT2D eigenvalue weighted by atomic mass is 9.77. The monoisotopic (exact) mass is 753 g/mol. The molecule has 0 saturated carbocycles. The van der Waals surface area contributed by atoms with Crippen LogP contribution in [-0.2, 0) is 33.0 Å². The highest BCUT2D eigenvalue weighted by Gasteiger charge is 2.42. The van der Waals surface area contributed by atoms with Crippen molar-refractivity contribution in [1.82, 2.24) is 25.1 Å². The summed E-state index contributed by atoms with van der Waals surface area (Å²) < 4.78 is 7.74. The molecule has 1 aromatic heterocycles. The predicted molar refractivity (Wildman–Crippen MR) is 224 cm³/mol. The molecule has 0 radical (unpaired) electrons. The van der Waals surface area contributed by atoms with Crippen LogP contribution in [-0.4, -0.2) is 43.0 Å². The van der Waals surface area contributed by atoms with Crippen LogP contribution in [0.5, 0.6) is 0 Å². The van der Waals surface area contributed by atoms with Gasteiger partial charge in [-0.2, -0.15) is 0 Å². The Balaban J connectivity index is 1.25. The number of ether oxygens (including phenoxy) is 1. The third-order valence-electron chi connectivity index (χ3n) is 10.4. The van der Waals surface area contributed by atoms with Gasteiger partial charge in [0.25, 0.3) is 0 Å². The molecular weight excluding hydrogens is 707 g/mol. The van der Waals surface area contributed by atoms with Crippen LogP contribution in [0.3, 0.4) is 0 Å². The van der Waals surface area contributed by atoms with Crippen molar-refractivity contribution in [1.29, 1.82) is 0 Å². The number of esters is 1. The highest BCUT2D eigenvalue weighted by molar-refractivity contribution is 5.85. The van der Waals surface area contributed by atoms with E-state index in [9.17, 15) is 9.59 Å². The van der Waals surface area contributed by atoms with Crippen LogP contribution in [0.25, 0.3) is 22.5 Å². The van der Waals surface area contributed by atoms with E-state index in [0.29, 0.717) is 18.7 Å². The Hall–Kier alpha value is -6.67. The van der Waals surface area contributed by atoms with Gasteiger partial charge < -0.3 is 9.64 Å². The van der Waals surface area contributed by atoms with Crippen molar-refractivity contribution >= 4 is 11.9 Å². The van der Waals surface area contributed by atoms with Gasteiger partial charge >= 0.3 is 5.97 Å². The molecular formula is C49H47N5O3. The first-order valence-corrected chi connectivity index (χ1v) is 19.6. The molecule has 0 spiro atoms. The number of amides is 1. The molecule has 0 aliphatic carbocycles. The molecule has 0 N–H and O–H groups in total. The molecule has 1 atom stereocenters. The van der Waals surface area contributed by atoms with Crippen molar-refractivity contribution in [3.63, 3.8) is 0 Å². The maximum absolute atomic E-state index is 13.7. The quantitative estimate of drug-likeness (QED) is 0.0765. The molecule has 0 bridgehead atoms. The minimum absolute atomic E-state index is 0.0761. The van der Waals surface area contributed by atoms with Gasteiger partial charge in [-0.1, -0.05) is 191 Å². The van der Waals surface area contributed by atoms with Crippen LogP contribution in [0, 0.1) is 5.92 Å². The largest absolute Gasteiger partial charge is 0.459 e. The second kappa shape index (κ2) is 17.9. The highest BCUT2D eigenvalue weighted by Crippen LogP contribution is 2.43. The van der Waals surface area contributed by atoms with Gasteiger partial charge in [0.05, 0.1) is 0 Å². The molecule has 8 heteroatoms. The Bertz CT molecular complexity index is 2270. The number of benzene rings is 6. The molecule has 7 rings (SSSR count). The first kappa shape index (κ1) is 38.6. The number of nitrogens with zero attached hydrogens (tertiary/aromatic N) is 5. The summed E-state index contributed by atoms with van der Waals surface area (Å²) >= 11 is 0. The minimum atomic E-state index is -0.900. The average molecular weight is 754 g/mol. The molecule has 0 saturated heterocycles. The normalized spacial score (nSPS) is 11.9. The number of hydrogen-bond donors (Lipinski definition) is 0. The molecule has 8 nitrogen and oxygen atoms in total. The topological polar surface area (TPSA) is 90.2 Å². The van der Waals surface area contributed by atoms with E-state index in [1.807, 2.05) is 135 Å². The molecule has 1 heterocycles. The fraction of sp³-hybridized carbons (Fsp3) is 0.204. The van der Waals surface area contributed by atoms with E-state index < -0.39 is 17.6 Å². The molecule has 1 amide bonds. The van der Waals surface area contributed by atoms with Crippen LogP contribution in [0.15, 0.2) is 170 Å². The Labute approximate surface area is 334 Å². The second-order valence-electron chi connectivity index (χ2n) is 14.5. The molecule has 57 heavy (non-hydrogen) atoms. The zero-order chi connectivity index (χ0) is 39.6. The maximum atomic E-state index is 13.7. The SMILES string of the molecule is CCCC(=O)N(Cc1ccc(-c2ccccc2-c2nnnn2C(c2ccccc2)(c2ccccc2)c2ccccc2)cc1)[C@@H](C(=O)OCc1ccccc1)C(C)C. The van der Waals surface area contributed by atoms with Crippen LogP contribution >= 0.6 is 0 Å². The number of hydrogen-bond acceptors (Lipinski definition) is 6. The second-order valence-corrected chi connectivity index (χ2v) is 14.5. The Morgan fingerprint density at radius 2 is 1.16 bits per heavy atom. The van der Waals surface area contributed by atoms with E-state index in [1.165, 1.54) is 0 Å². The minimum Gasteiger partial charge on any atom is -0.459 e. The van der Waals surface area contributed by atoms with Gasteiger partial charge in [0.2, 0.25) is 5.91 Å². The summed E-state index contributed by atoms with van der Waals surface area (Å²) in [5, 5.41) is 13.8. The third-order valence-corrected chi connectivity index (χ3v) is 10.4. The van der Waals surface area contributed by atoms with E-state index in [0.717, 1.165) is 44.5 Å². The molecule has 0 fully saturated rings. The standard InChI is InChI=1S/C49H47N5O3/c1-4-19-45(55)53(46(36(2)3)48(56)57-35-38-20-9-5-10-21-38)34-37-30-32-39(33-31-37)43-28-17-18-29-44(43)47-50-51-52-54(47)49(40-22-11-6-12-23-40,41-24-13-7-14-25-41)42-26-15-8-16-27-42/h5-18,20-33,36,46H,4,19,34-35H2,1-3H3/t46-/m1/s1. The van der Waals surface area contributed by atoms with Gasteiger partial charge in [0, 0.05) is 18.5 Å². The zero-order valence-electron chi connectivity index (χ0n) is 32.6. The van der Waals surface area contributed by atoms with Gasteiger partial charge in [0.1, 0.15) is 18.2 Å². The first-order chi connectivity index (χ1) is 27.9. The Kier molecular flexibility index (Phi) is 12.1. The summed E-state index contributed by atoms with van der Waals surface area (Å²) in [6.07, 6.45) is 1.01. The van der Waals surface area contributed by atoms with Crippen molar-refractivity contribution in [2.75, 3.05) is 0 Å². The van der Waals surface area contributed by atoms with E-state index in [-0.39, 0.29) is 25.0 Å². The summed E-state index contributed by atoms with van der Waals surface area (Å²) in [5.74, 6) is -0.0238. The Morgan fingerprint density at radius 3 is 1.68 bits per heavy atom. The fourth-order valence-corrected chi connectivity index (χ4v) is 7.67. The summed E-state index contributed by atoms with van der Waals surface area (Å²) in [6, 6.07) is 56.2. The molecule has 7 aromatic rings. The number of carbonyl (C=O) groups excluding carboxylic acids is 2. The van der Waals surface area contributed by atoms with E-state index >= 15 is 0 Å². The van der Waals surface area contributed by atoms with Crippen LogP contribution in [0.4, 0.5) is 0 Å². The highest BCUT2D eigenvalue weighted by atomic mass is 16.5. The van der Waals surface area contributed by atoms with Crippen molar-refractivity contribution in [3.05, 3.63) is 198 Å². The zero-order valence-corrected chi connectivity index (χ0v) is 32.6. The number of tetrazole rings is 1. The summed E-state index contributed by atoms with van der Waals surface area (Å²) in [5.41, 5.74) is 6.73. The van der Waals surface area contributed by atoms with Crippen molar-refractivity contribution < 1.29 is 14.3 Å².